The third-order valence-corrected chi connectivity index (χ3v) is 3.37. The molecular formula is C10H14N2O2S. The fourth-order valence-electron chi connectivity index (χ4n) is 1.67. The first-order chi connectivity index (χ1) is 7.08. The van der Waals surface area contributed by atoms with Crippen molar-refractivity contribution >= 4 is 17.2 Å². The van der Waals surface area contributed by atoms with Crippen molar-refractivity contribution < 1.29 is 9.90 Å². The van der Waals surface area contributed by atoms with Crippen LogP contribution in [-0.2, 0) is 0 Å². The fourth-order valence-corrected chi connectivity index (χ4v) is 2.20. The molecule has 1 aromatic rings. The van der Waals surface area contributed by atoms with Crippen LogP contribution in [0.2, 0.25) is 0 Å². The van der Waals surface area contributed by atoms with Crippen molar-refractivity contribution in [1.29, 1.82) is 0 Å². The number of nitrogens with zero attached hydrogens (tertiary/aromatic N) is 2. The monoisotopic (exact) mass is 226 g/mol. The van der Waals surface area contributed by atoms with Gasteiger partial charge < -0.3 is 10.0 Å². The van der Waals surface area contributed by atoms with Crippen molar-refractivity contribution in [1.82, 2.24) is 9.88 Å². The van der Waals surface area contributed by atoms with Crippen molar-refractivity contribution in [2.45, 2.75) is 25.4 Å². The highest BCUT2D eigenvalue weighted by atomic mass is 32.1. The maximum Gasteiger partial charge on any atom is 0.273 e. The molecule has 2 rings (SSSR count). The van der Waals surface area contributed by atoms with Crippen LogP contribution in [0.1, 0.15) is 30.3 Å². The molecule has 1 fully saturated rings. The number of carbonyl (C=O) groups excluding carboxylic acids is 1. The van der Waals surface area contributed by atoms with Gasteiger partial charge in [-0.1, -0.05) is 0 Å². The van der Waals surface area contributed by atoms with E-state index in [4.69, 9.17) is 0 Å². The maximum atomic E-state index is 11.9. The van der Waals surface area contributed by atoms with E-state index in [0.29, 0.717) is 31.6 Å². The number of thiazole rings is 1. The highest BCUT2D eigenvalue weighted by molar-refractivity contribution is 7.07. The van der Waals surface area contributed by atoms with Crippen LogP contribution < -0.4 is 0 Å². The largest absolute Gasteiger partial charge is 0.390 e. The number of hydrogen-bond donors (Lipinski definition) is 1. The van der Waals surface area contributed by atoms with E-state index in [-0.39, 0.29) is 5.91 Å². The molecule has 1 aliphatic heterocycles. The average molecular weight is 226 g/mol. The summed E-state index contributed by atoms with van der Waals surface area (Å²) in [5, 5.41) is 11.5. The smallest absolute Gasteiger partial charge is 0.273 e. The van der Waals surface area contributed by atoms with Crippen LogP contribution >= 0.6 is 11.3 Å². The number of rotatable bonds is 1. The molecule has 0 atom stereocenters. The van der Waals surface area contributed by atoms with Gasteiger partial charge in [0.1, 0.15) is 5.69 Å². The molecule has 0 aliphatic carbocycles. The Morgan fingerprint density at radius 3 is 2.80 bits per heavy atom. The first kappa shape index (κ1) is 10.6. The minimum atomic E-state index is -0.612. The normalized spacial score (nSPS) is 20.3. The van der Waals surface area contributed by atoms with Crippen molar-refractivity contribution in [3.05, 3.63) is 16.6 Å². The molecule has 0 spiro atoms. The second-order valence-corrected chi connectivity index (χ2v) is 4.88. The Balaban J connectivity index is 2.00. The van der Waals surface area contributed by atoms with Gasteiger partial charge in [0.25, 0.3) is 5.91 Å². The number of piperidine rings is 1. The fraction of sp³-hybridized carbons (Fsp3) is 0.600. The van der Waals surface area contributed by atoms with E-state index in [1.54, 1.807) is 15.8 Å². The molecule has 1 amide bonds. The molecular weight excluding hydrogens is 212 g/mol. The highest BCUT2D eigenvalue weighted by Crippen LogP contribution is 2.22. The molecule has 1 aromatic heterocycles. The zero-order chi connectivity index (χ0) is 10.9. The second-order valence-electron chi connectivity index (χ2n) is 4.16. The van der Waals surface area contributed by atoms with E-state index < -0.39 is 5.60 Å². The molecule has 82 valence electrons. The van der Waals surface area contributed by atoms with E-state index >= 15 is 0 Å². The number of carbonyl (C=O) groups is 1. The Labute approximate surface area is 92.6 Å². The summed E-state index contributed by atoms with van der Waals surface area (Å²) in [6, 6.07) is 0. The van der Waals surface area contributed by atoms with Gasteiger partial charge in [0.2, 0.25) is 0 Å². The van der Waals surface area contributed by atoms with Crippen molar-refractivity contribution in [3.63, 3.8) is 0 Å². The van der Waals surface area contributed by atoms with E-state index in [0.717, 1.165) is 0 Å². The summed E-state index contributed by atoms with van der Waals surface area (Å²) in [7, 11) is 0. The first-order valence-electron chi connectivity index (χ1n) is 4.98. The van der Waals surface area contributed by atoms with Crippen molar-refractivity contribution in [2.24, 2.45) is 0 Å². The minimum absolute atomic E-state index is 0.0215. The summed E-state index contributed by atoms with van der Waals surface area (Å²) in [5.41, 5.74) is 1.56. The third kappa shape index (κ3) is 2.35. The van der Waals surface area contributed by atoms with Gasteiger partial charge in [0.15, 0.2) is 0 Å². The molecule has 5 heteroatoms. The van der Waals surface area contributed by atoms with Gasteiger partial charge in [-0.15, -0.1) is 11.3 Å². The Bertz CT molecular complexity index is 338. The number of aromatic nitrogens is 1. The van der Waals surface area contributed by atoms with Crippen LogP contribution in [0.4, 0.5) is 0 Å². The van der Waals surface area contributed by atoms with Crippen LogP contribution in [0.5, 0.6) is 0 Å². The van der Waals surface area contributed by atoms with E-state index in [2.05, 4.69) is 4.98 Å². The number of aliphatic hydroxyl groups is 1. The lowest BCUT2D eigenvalue weighted by atomic mass is 9.94. The van der Waals surface area contributed by atoms with E-state index in [1.807, 2.05) is 6.92 Å². The van der Waals surface area contributed by atoms with Crippen molar-refractivity contribution in [3.8, 4) is 0 Å². The molecule has 0 saturated carbocycles. The van der Waals surface area contributed by atoms with Gasteiger partial charge in [-0.2, -0.15) is 0 Å². The highest BCUT2D eigenvalue weighted by Gasteiger charge is 2.30. The Hall–Kier alpha value is -0.940. The quantitative estimate of drug-likeness (QED) is 0.781. The summed E-state index contributed by atoms with van der Waals surface area (Å²) in [6.07, 6.45) is 1.28. The van der Waals surface area contributed by atoms with Gasteiger partial charge in [0.05, 0.1) is 11.1 Å². The van der Waals surface area contributed by atoms with E-state index in [1.165, 1.54) is 11.3 Å². The SMILES string of the molecule is CC1(O)CCN(C(=O)c2cscn2)CC1. The zero-order valence-electron chi connectivity index (χ0n) is 8.64. The van der Waals surface area contributed by atoms with Gasteiger partial charge in [0, 0.05) is 18.5 Å². The summed E-state index contributed by atoms with van der Waals surface area (Å²) in [5.74, 6) is -0.0215. The predicted octanol–water partition coefficient (Wildman–Crippen LogP) is 1.13. The predicted molar refractivity (Wildman–Crippen MR) is 57.9 cm³/mol. The topological polar surface area (TPSA) is 53.4 Å². The molecule has 0 aromatic carbocycles. The van der Waals surface area contributed by atoms with Crippen LogP contribution in [0.15, 0.2) is 10.9 Å². The molecule has 4 nitrogen and oxygen atoms in total. The van der Waals surface area contributed by atoms with Crippen LogP contribution in [-0.4, -0.2) is 39.6 Å². The Kier molecular flexibility index (Phi) is 2.75. The summed E-state index contributed by atoms with van der Waals surface area (Å²) in [6.45, 7) is 3.05. The molecule has 0 unspecified atom stereocenters. The third-order valence-electron chi connectivity index (χ3n) is 2.78. The minimum Gasteiger partial charge on any atom is -0.390 e. The van der Waals surface area contributed by atoms with Gasteiger partial charge in [-0.3, -0.25) is 4.79 Å². The molecule has 1 N–H and O–H groups in total. The molecule has 1 aliphatic rings. The molecule has 0 radical (unpaired) electrons. The van der Waals surface area contributed by atoms with Crippen molar-refractivity contribution in [2.75, 3.05) is 13.1 Å². The van der Waals surface area contributed by atoms with Crippen LogP contribution in [0.25, 0.3) is 0 Å². The number of hydrogen-bond acceptors (Lipinski definition) is 4. The lowest BCUT2D eigenvalue weighted by Gasteiger charge is -2.35. The zero-order valence-corrected chi connectivity index (χ0v) is 9.46. The lowest BCUT2D eigenvalue weighted by Crippen LogP contribution is -2.45. The molecule has 1 saturated heterocycles. The van der Waals surface area contributed by atoms with Gasteiger partial charge >= 0.3 is 0 Å². The molecule has 15 heavy (non-hydrogen) atoms. The number of likely N-dealkylation sites (tertiary alicyclic amines) is 1. The molecule has 2 heterocycles. The summed E-state index contributed by atoms with van der Waals surface area (Å²) in [4.78, 5) is 17.6. The maximum absolute atomic E-state index is 11.9. The van der Waals surface area contributed by atoms with E-state index in [9.17, 15) is 9.90 Å². The van der Waals surface area contributed by atoms with Crippen LogP contribution in [0, 0.1) is 0 Å². The Morgan fingerprint density at radius 2 is 2.27 bits per heavy atom. The summed E-state index contributed by atoms with van der Waals surface area (Å²) < 4.78 is 0. The van der Waals surface area contributed by atoms with Gasteiger partial charge in [-0.05, 0) is 19.8 Å². The average Bonchev–Trinajstić information content (AvgIpc) is 2.69. The summed E-state index contributed by atoms with van der Waals surface area (Å²) >= 11 is 1.42. The lowest BCUT2D eigenvalue weighted by molar-refractivity contribution is -0.00217. The second kappa shape index (κ2) is 3.90. The Morgan fingerprint density at radius 1 is 1.60 bits per heavy atom. The standard InChI is InChI=1S/C10H14N2O2S/c1-10(14)2-4-12(5-3-10)9(13)8-6-15-7-11-8/h6-7,14H,2-5H2,1H3. The molecule has 0 bridgehead atoms. The first-order valence-corrected chi connectivity index (χ1v) is 5.93. The number of amides is 1. The van der Waals surface area contributed by atoms with Gasteiger partial charge in [-0.25, -0.2) is 4.98 Å². The van der Waals surface area contributed by atoms with Crippen LogP contribution in [0.3, 0.4) is 0 Å².